The summed E-state index contributed by atoms with van der Waals surface area (Å²) in [4.78, 5) is 12.6. The van der Waals surface area contributed by atoms with Gasteiger partial charge >= 0.3 is 0 Å². The van der Waals surface area contributed by atoms with Crippen LogP contribution in [0, 0.1) is 6.92 Å². The summed E-state index contributed by atoms with van der Waals surface area (Å²) >= 11 is 0. The standard InChI is InChI=1S/C23H24N2O4S/c1-17-9-6-7-14-22(17)29-16-18(2)24-23(26)19-10-8-13-21(15-19)30(27,28)25-20-11-4-3-5-12-20/h3-15,18,25H,16H2,1-2H3,(H,24,26). The van der Waals surface area contributed by atoms with Crippen LogP contribution in [0.4, 0.5) is 5.69 Å². The van der Waals surface area contributed by atoms with Crippen molar-refractivity contribution in [1.82, 2.24) is 5.32 Å². The number of aryl methyl sites for hydroxylation is 1. The Labute approximate surface area is 177 Å². The zero-order chi connectivity index (χ0) is 21.6. The molecule has 1 atom stereocenters. The molecule has 0 heterocycles. The molecule has 0 radical (unpaired) electrons. The summed E-state index contributed by atoms with van der Waals surface area (Å²) in [6, 6.07) is 21.9. The molecular weight excluding hydrogens is 400 g/mol. The van der Waals surface area contributed by atoms with E-state index in [0.717, 1.165) is 11.3 Å². The van der Waals surface area contributed by atoms with Crippen molar-refractivity contribution in [2.45, 2.75) is 24.8 Å². The number of ether oxygens (including phenoxy) is 1. The van der Waals surface area contributed by atoms with Crippen LogP contribution in [0.2, 0.25) is 0 Å². The summed E-state index contributed by atoms with van der Waals surface area (Å²) in [5.74, 6) is 0.395. The second-order valence-corrected chi connectivity index (χ2v) is 8.63. The Morgan fingerprint density at radius 1 is 0.967 bits per heavy atom. The Kier molecular flexibility index (Phi) is 6.74. The molecule has 1 amide bonds. The molecule has 0 bridgehead atoms. The second-order valence-electron chi connectivity index (χ2n) is 6.95. The van der Waals surface area contributed by atoms with Gasteiger partial charge in [-0.2, -0.15) is 0 Å². The zero-order valence-corrected chi connectivity index (χ0v) is 17.6. The first-order chi connectivity index (χ1) is 14.3. The van der Waals surface area contributed by atoms with E-state index < -0.39 is 10.0 Å². The van der Waals surface area contributed by atoms with Crippen molar-refractivity contribution in [3.63, 3.8) is 0 Å². The van der Waals surface area contributed by atoms with Gasteiger partial charge in [0, 0.05) is 11.3 Å². The molecule has 0 saturated heterocycles. The van der Waals surface area contributed by atoms with Crippen LogP contribution >= 0.6 is 0 Å². The number of sulfonamides is 1. The van der Waals surface area contributed by atoms with Gasteiger partial charge in [-0.1, -0.05) is 42.5 Å². The van der Waals surface area contributed by atoms with Crippen molar-refractivity contribution in [3.05, 3.63) is 90.0 Å². The summed E-state index contributed by atoms with van der Waals surface area (Å²) in [6.45, 7) is 4.08. The van der Waals surface area contributed by atoms with Crippen LogP contribution in [0.15, 0.2) is 83.8 Å². The molecule has 0 aliphatic heterocycles. The number of amides is 1. The zero-order valence-electron chi connectivity index (χ0n) is 16.8. The van der Waals surface area contributed by atoms with Gasteiger partial charge in [-0.3, -0.25) is 9.52 Å². The molecule has 0 aliphatic rings. The maximum atomic E-state index is 12.6. The van der Waals surface area contributed by atoms with Gasteiger partial charge in [0.15, 0.2) is 0 Å². The average molecular weight is 425 g/mol. The summed E-state index contributed by atoms with van der Waals surface area (Å²) < 4.78 is 33.5. The Hall–Kier alpha value is -3.32. The monoisotopic (exact) mass is 424 g/mol. The topological polar surface area (TPSA) is 84.5 Å². The van der Waals surface area contributed by atoms with Gasteiger partial charge in [0.2, 0.25) is 0 Å². The highest BCUT2D eigenvalue weighted by atomic mass is 32.2. The van der Waals surface area contributed by atoms with Gasteiger partial charge in [-0.15, -0.1) is 0 Å². The van der Waals surface area contributed by atoms with E-state index >= 15 is 0 Å². The highest BCUT2D eigenvalue weighted by Gasteiger charge is 2.17. The lowest BCUT2D eigenvalue weighted by Crippen LogP contribution is -2.36. The largest absolute Gasteiger partial charge is 0.491 e. The highest BCUT2D eigenvalue weighted by molar-refractivity contribution is 7.92. The number of carbonyl (C=O) groups excluding carboxylic acids is 1. The summed E-state index contributed by atoms with van der Waals surface area (Å²) in [5.41, 5.74) is 1.72. The number of rotatable bonds is 8. The number of hydrogen-bond acceptors (Lipinski definition) is 4. The first kappa shape index (κ1) is 21.4. The number of nitrogens with one attached hydrogen (secondary N) is 2. The first-order valence-corrected chi connectivity index (χ1v) is 11.0. The maximum Gasteiger partial charge on any atom is 0.261 e. The van der Waals surface area contributed by atoms with Crippen LogP contribution in [0.3, 0.4) is 0 Å². The second kappa shape index (κ2) is 9.45. The van der Waals surface area contributed by atoms with E-state index in [1.807, 2.05) is 38.1 Å². The molecule has 3 rings (SSSR count). The molecule has 0 spiro atoms. The molecular formula is C23H24N2O4S. The SMILES string of the molecule is Cc1ccccc1OCC(C)NC(=O)c1cccc(S(=O)(=O)Nc2ccccc2)c1. The third-order valence-corrected chi connectivity index (χ3v) is 5.77. The minimum Gasteiger partial charge on any atom is -0.491 e. The molecule has 6 nitrogen and oxygen atoms in total. The van der Waals surface area contributed by atoms with Crippen LogP contribution in [0.5, 0.6) is 5.75 Å². The fourth-order valence-electron chi connectivity index (χ4n) is 2.81. The third-order valence-electron chi connectivity index (χ3n) is 4.39. The Morgan fingerprint density at radius 3 is 2.40 bits per heavy atom. The molecule has 0 aliphatic carbocycles. The molecule has 1 unspecified atom stereocenters. The van der Waals surface area contributed by atoms with Crippen molar-refractivity contribution in [1.29, 1.82) is 0 Å². The van der Waals surface area contributed by atoms with E-state index in [1.54, 1.807) is 42.5 Å². The van der Waals surface area contributed by atoms with Crippen molar-refractivity contribution in [3.8, 4) is 5.75 Å². The highest BCUT2D eigenvalue weighted by Crippen LogP contribution is 2.18. The van der Waals surface area contributed by atoms with E-state index in [4.69, 9.17) is 4.74 Å². The van der Waals surface area contributed by atoms with Crippen molar-refractivity contribution >= 4 is 21.6 Å². The fraction of sp³-hybridized carbons (Fsp3) is 0.174. The predicted molar refractivity (Wildman–Crippen MR) is 117 cm³/mol. The maximum absolute atomic E-state index is 12.6. The Bertz CT molecular complexity index is 1110. The number of hydrogen-bond donors (Lipinski definition) is 2. The lowest BCUT2D eigenvalue weighted by atomic mass is 10.2. The van der Waals surface area contributed by atoms with Crippen LogP contribution < -0.4 is 14.8 Å². The van der Waals surface area contributed by atoms with Gasteiger partial charge in [-0.05, 0) is 55.8 Å². The minimum atomic E-state index is -3.80. The van der Waals surface area contributed by atoms with Gasteiger partial charge in [0.25, 0.3) is 15.9 Å². The van der Waals surface area contributed by atoms with Gasteiger partial charge in [0.1, 0.15) is 12.4 Å². The lowest BCUT2D eigenvalue weighted by molar-refractivity contribution is 0.0926. The number of para-hydroxylation sites is 2. The average Bonchev–Trinajstić information content (AvgIpc) is 2.73. The normalized spacial score (nSPS) is 12.1. The van der Waals surface area contributed by atoms with Crippen molar-refractivity contribution in [2.24, 2.45) is 0 Å². The van der Waals surface area contributed by atoms with E-state index in [-0.39, 0.29) is 22.4 Å². The third kappa shape index (κ3) is 5.61. The summed E-state index contributed by atoms with van der Waals surface area (Å²) in [5, 5.41) is 2.84. The fourth-order valence-corrected chi connectivity index (χ4v) is 3.91. The number of benzene rings is 3. The number of anilines is 1. The Morgan fingerprint density at radius 2 is 1.67 bits per heavy atom. The molecule has 7 heteroatoms. The molecule has 0 saturated carbocycles. The van der Waals surface area contributed by atoms with Crippen LogP contribution in [0.1, 0.15) is 22.8 Å². The lowest BCUT2D eigenvalue weighted by Gasteiger charge is -2.16. The van der Waals surface area contributed by atoms with Gasteiger partial charge in [-0.25, -0.2) is 8.42 Å². The molecule has 3 aromatic rings. The molecule has 0 fully saturated rings. The number of carbonyl (C=O) groups is 1. The Balaban J connectivity index is 1.64. The molecule has 156 valence electrons. The molecule has 0 aromatic heterocycles. The predicted octanol–water partition coefficient (Wildman–Crippen LogP) is 3.99. The molecule has 2 N–H and O–H groups in total. The summed E-state index contributed by atoms with van der Waals surface area (Å²) in [7, 11) is -3.80. The summed E-state index contributed by atoms with van der Waals surface area (Å²) in [6.07, 6.45) is 0. The van der Waals surface area contributed by atoms with Crippen LogP contribution in [-0.2, 0) is 10.0 Å². The first-order valence-electron chi connectivity index (χ1n) is 9.52. The smallest absolute Gasteiger partial charge is 0.261 e. The van der Waals surface area contributed by atoms with E-state index in [2.05, 4.69) is 10.0 Å². The van der Waals surface area contributed by atoms with E-state index in [0.29, 0.717) is 12.3 Å². The minimum absolute atomic E-state index is 0.0165. The van der Waals surface area contributed by atoms with Crippen molar-refractivity contribution < 1.29 is 17.9 Å². The van der Waals surface area contributed by atoms with Crippen LogP contribution in [-0.4, -0.2) is 27.0 Å². The van der Waals surface area contributed by atoms with E-state index in [1.165, 1.54) is 12.1 Å². The quantitative estimate of drug-likeness (QED) is 0.573. The van der Waals surface area contributed by atoms with E-state index in [9.17, 15) is 13.2 Å². The molecule has 3 aromatic carbocycles. The van der Waals surface area contributed by atoms with Gasteiger partial charge < -0.3 is 10.1 Å². The van der Waals surface area contributed by atoms with Gasteiger partial charge in [0.05, 0.1) is 10.9 Å². The van der Waals surface area contributed by atoms with Crippen LogP contribution in [0.25, 0.3) is 0 Å². The van der Waals surface area contributed by atoms with Crippen molar-refractivity contribution in [2.75, 3.05) is 11.3 Å². The molecule has 30 heavy (non-hydrogen) atoms.